The highest BCUT2D eigenvalue weighted by Gasteiger charge is 2.19. The van der Waals surface area contributed by atoms with Crippen molar-refractivity contribution in [2.24, 2.45) is 0 Å². The molecule has 2 rings (SSSR count). The van der Waals surface area contributed by atoms with Gasteiger partial charge in [0.25, 0.3) is 0 Å². The van der Waals surface area contributed by atoms with Crippen LogP contribution in [0.15, 0.2) is 24.3 Å². The Kier molecular flexibility index (Phi) is 7.03. The van der Waals surface area contributed by atoms with Crippen LogP contribution in [0.2, 0.25) is 0 Å². The van der Waals surface area contributed by atoms with Crippen LogP contribution in [0, 0.1) is 0 Å². The minimum absolute atomic E-state index is 0.164. The highest BCUT2D eigenvalue weighted by atomic mass is 16.5. The van der Waals surface area contributed by atoms with Gasteiger partial charge in [-0.3, -0.25) is 9.59 Å². The lowest BCUT2D eigenvalue weighted by molar-refractivity contribution is -0.127. The van der Waals surface area contributed by atoms with Crippen molar-refractivity contribution < 1.29 is 23.8 Å². The number of benzene rings is 1. The first kappa shape index (κ1) is 19.8. The Hall–Kier alpha value is -2.54. The monoisotopic (exact) mass is 362 g/mol. The number of carbonyl (C=O) groups is 2. The van der Waals surface area contributed by atoms with Crippen molar-refractivity contribution in [1.29, 1.82) is 0 Å². The highest BCUT2D eigenvalue weighted by Crippen LogP contribution is 2.35. The molecule has 0 radical (unpaired) electrons. The molecule has 7 heteroatoms. The summed E-state index contributed by atoms with van der Waals surface area (Å²) in [7, 11) is 5.01. The van der Waals surface area contributed by atoms with Gasteiger partial charge in [0.2, 0.25) is 5.91 Å². The standard InChI is InChI=1S/C19H26N2O5/c1-5-26-18-13-16(24-3)14(12-17(18)25-4)15(22)6-7-19(23)21-10-8-20(2)9-11-21/h6-7,12-13H,5,8-11H2,1-4H3. The number of nitrogens with zero attached hydrogens (tertiary/aromatic N) is 2. The minimum Gasteiger partial charge on any atom is -0.496 e. The molecule has 0 N–H and O–H groups in total. The Labute approximate surface area is 154 Å². The van der Waals surface area contributed by atoms with Crippen molar-refractivity contribution >= 4 is 11.7 Å². The van der Waals surface area contributed by atoms with Crippen LogP contribution in [-0.4, -0.2) is 75.5 Å². The van der Waals surface area contributed by atoms with Crippen LogP contribution < -0.4 is 14.2 Å². The van der Waals surface area contributed by atoms with E-state index in [0.29, 0.717) is 42.5 Å². The zero-order valence-corrected chi connectivity index (χ0v) is 15.8. The molecule has 0 spiro atoms. The van der Waals surface area contributed by atoms with Gasteiger partial charge >= 0.3 is 0 Å². The molecule has 0 unspecified atom stereocenters. The fourth-order valence-corrected chi connectivity index (χ4v) is 2.70. The van der Waals surface area contributed by atoms with Gasteiger partial charge in [0.05, 0.1) is 26.4 Å². The Morgan fingerprint density at radius 2 is 1.65 bits per heavy atom. The maximum absolute atomic E-state index is 12.6. The van der Waals surface area contributed by atoms with E-state index in [1.54, 1.807) is 17.0 Å². The molecule has 1 fully saturated rings. The van der Waals surface area contributed by atoms with Gasteiger partial charge in [0.1, 0.15) is 5.75 Å². The van der Waals surface area contributed by atoms with E-state index in [4.69, 9.17) is 14.2 Å². The number of hydrogen-bond acceptors (Lipinski definition) is 6. The maximum atomic E-state index is 12.6. The average Bonchev–Trinajstić information content (AvgIpc) is 2.66. The number of likely N-dealkylation sites (N-methyl/N-ethyl adjacent to an activating group) is 1. The molecule has 0 saturated carbocycles. The summed E-state index contributed by atoms with van der Waals surface area (Å²) in [6.45, 7) is 5.31. The van der Waals surface area contributed by atoms with E-state index in [1.807, 2.05) is 14.0 Å². The minimum atomic E-state index is -0.328. The normalized spacial score (nSPS) is 15.2. The van der Waals surface area contributed by atoms with Gasteiger partial charge in [-0.05, 0) is 26.1 Å². The third kappa shape index (κ3) is 4.76. The van der Waals surface area contributed by atoms with Crippen molar-refractivity contribution in [1.82, 2.24) is 9.80 Å². The van der Waals surface area contributed by atoms with Gasteiger partial charge < -0.3 is 24.0 Å². The summed E-state index contributed by atoms with van der Waals surface area (Å²) in [6, 6.07) is 3.18. The number of rotatable bonds is 7. The maximum Gasteiger partial charge on any atom is 0.246 e. The van der Waals surface area contributed by atoms with Crippen LogP contribution in [0.5, 0.6) is 17.2 Å². The Morgan fingerprint density at radius 1 is 1.00 bits per heavy atom. The van der Waals surface area contributed by atoms with E-state index in [9.17, 15) is 9.59 Å². The highest BCUT2D eigenvalue weighted by molar-refractivity contribution is 6.09. The predicted octanol–water partition coefficient (Wildman–Crippen LogP) is 1.62. The van der Waals surface area contributed by atoms with Crippen LogP contribution >= 0.6 is 0 Å². The summed E-state index contributed by atoms with van der Waals surface area (Å²) in [5, 5.41) is 0. The summed E-state index contributed by atoms with van der Waals surface area (Å²) >= 11 is 0. The second kappa shape index (κ2) is 9.24. The number of piperazine rings is 1. The second-order valence-corrected chi connectivity index (χ2v) is 5.96. The smallest absolute Gasteiger partial charge is 0.246 e. The fraction of sp³-hybridized carbons (Fsp3) is 0.474. The van der Waals surface area contributed by atoms with Crippen LogP contribution in [0.4, 0.5) is 0 Å². The number of amides is 1. The molecule has 0 atom stereocenters. The fourth-order valence-electron chi connectivity index (χ4n) is 2.70. The van der Waals surface area contributed by atoms with Gasteiger partial charge in [0, 0.05) is 38.3 Å². The van der Waals surface area contributed by atoms with Crippen LogP contribution in [0.3, 0.4) is 0 Å². The number of carbonyl (C=O) groups excluding carboxylic acids is 2. The molecule has 1 aliphatic heterocycles. The first-order valence-electron chi connectivity index (χ1n) is 8.58. The molecule has 7 nitrogen and oxygen atoms in total. The molecule has 26 heavy (non-hydrogen) atoms. The second-order valence-electron chi connectivity index (χ2n) is 5.96. The van der Waals surface area contributed by atoms with Gasteiger partial charge in [-0.1, -0.05) is 0 Å². The van der Waals surface area contributed by atoms with Crippen molar-refractivity contribution in [2.75, 3.05) is 54.1 Å². The summed E-state index contributed by atoms with van der Waals surface area (Å²) in [4.78, 5) is 28.7. The molecule has 1 heterocycles. The average molecular weight is 362 g/mol. The molecule has 0 bridgehead atoms. The van der Waals surface area contributed by atoms with Gasteiger partial charge in [-0.2, -0.15) is 0 Å². The quantitative estimate of drug-likeness (QED) is 0.542. The van der Waals surface area contributed by atoms with Crippen molar-refractivity contribution in [3.63, 3.8) is 0 Å². The zero-order chi connectivity index (χ0) is 19.1. The van der Waals surface area contributed by atoms with E-state index in [-0.39, 0.29) is 11.7 Å². The van der Waals surface area contributed by atoms with E-state index in [2.05, 4.69) is 4.90 Å². The molecule has 1 aromatic rings. The zero-order valence-electron chi connectivity index (χ0n) is 15.8. The lowest BCUT2D eigenvalue weighted by atomic mass is 10.1. The molecular weight excluding hydrogens is 336 g/mol. The SMILES string of the molecule is CCOc1cc(OC)c(C(=O)C=CC(=O)N2CCN(C)CC2)cc1OC. The van der Waals surface area contributed by atoms with Crippen LogP contribution in [0.25, 0.3) is 0 Å². The van der Waals surface area contributed by atoms with Gasteiger partial charge in [-0.25, -0.2) is 0 Å². The summed E-state index contributed by atoms with van der Waals surface area (Å²) < 4.78 is 16.1. The number of methoxy groups -OCH3 is 2. The molecule has 142 valence electrons. The van der Waals surface area contributed by atoms with Crippen LogP contribution in [-0.2, 0) is 4.79 Å². The van der Waals surface area contributed by atoms with Gasteiger partial charge in [0.15, 0.2) is 17.3 Å². The topological polar surface area (TPSA) is 68.3 Å². The first-order valence-corrected chi connectivity index (χ1v) is 8.58. The Morgan fingerprint density at radius 3 is 2.23 bits per heavy atom. The van der Waals surface area contributed by atoms with Gasteiger partial charge in [-0.15, -0.1) is 0 Å². The lowest BCUT2D eigenvalue weighted by Gasteiger charge is -2.31. The van der Waals surface area contributed by atoms with Crippen molar-refractivity contribution in [3.8, 4) is 17.2 Å². The van der Waals surface area contributed by atoms with E-state index in [0.717, 1.165) is 13.1 Å². The lowest BCUT2D eigenvalue weighted by Crippen LogP contribution is -2.46. The molecule has 0 aromatic heterocycles. The number of hydrogen-bond donors (Lipinski definition) is 0. The van der Waals surface area contributed by atoms with Crippen molar-refractivity contribution in [2.45, 2.75) is 6.92 Å². The molecule has 0 aliphatic carbocycles. The third-order valence-electron chi connectivity index (χ3n) is 4.24. The van der Waals surface area contributed by atoms with E-state index in [1.165, 1.54) is 26.4 Å². The Balaban J connectivity index is 2.16. The molecule has 1 saturated heterocycles. The summed E-state index contributed by atoms with van der Waals surface area (Å²) in [5.41, 5.74) is 0.315. The summed E-state index contributed by atoms with van der Waals surface area (Å²) in [5.74, 6) is 0.820. The molecular formula is C19H26N2O5. The third-order valence-corrected chi connectivity index (χ3v) is 4.24. The molecule has 1 aromatic carbocycles. The summed E-state index contributed by atoms with van der Waals surface area (Å²) in [6.07, 6.45) is 2.59. The Bertz CT molecular complexity index is 679. The number of allylic oxidation sites excluding steroid dienone is 1. The first-order chi connectivity index (χ1) is 12.5. The predicted molar refractivity (Wildman–Crippen MR) is 98.3 cm³/mol. The van der Waals surface area contributed by atoms with E-state index < -0.39 is 0 Å². The number of ether oxygens (including phenoxy) is 3. The molecule has 1 aliphatic rings. The number of ketones is 1. The molecule has 1 amide bonds. The van der Waals surface area contributed by atoms with Crippen LogP contribution in [0.1, 0.15) is 17.3 Å². The van der Waals surface area contributed by atoms with Crippen molar-refractivity contribution in [3.05, 3.63) is 29.8 Å². The largest absolute Gasteiger partial charge is 0.496 e. The van der Waals surface area contributed by atoms with E-state index >= 15 is 0 Å².